The average molecular weight is 295 g/mol. The monoisotopic (exact) mass is 295 g/mol. The number of hydrogen-bond donors (Lipinski definition) is 3. The van der Waals surface area contributed by atoms with Gasteiger partial charge in [0, 0.05) is 6.67 Å². The van der Waals surface area contributed by atoms with Crippen LogP contribution in [-0.4, -0.2) is 20.3 Å². The predicted octanol–water partition coefficient (Wildman–Crippen LogP) is 1.77. The number of hydrogen-bond acceptors (Lipinski definition) is 4. The molecule has 6 heteroatoms. The predicted molar refractivity (Wildman–Crippen MR) is 82.9 cm³/mol. The Morgan fingerprint density at radius 1 is 0.842 bits per heavy atom. The molecule has 0 amide bonds. The fourth-order valence-corrected chi connectivity index (χ4v) is 3.93. The van der Waals surface area contributed by atoms with Crippen molar-refractivity contribution in [3.05, 3.63) is 0 Å². The fraction of sp³-hybridized carbons (Fsp3) is 1.00. The van der Waals surface area contributed by atoms with Crippen LogP contribution in [0, 0.1) is 11.8 Å². The van der Waals surface area contributed by atoms with Crippen LogP contribution in [0.4, 0.5) is 0 Å². The van der Waals surface area contributed by atoms with Crippen molar-refractivity contribution >= 4 is 10.0 Å². The van der Waals surface area contributed by atoms with Crippen molar-refractivity contribution in [2.45, 2.75) is 65.0 Å². The molecule has 0 unspecified atom stereocenters. The standard InChI is InChI=1S/C7H17NO2S.C5H10.CH6N2/c1-5(2)7(6(3)4)11(8,9)10;1-2-4-5-3-1;2-1-3/h5-7H,1-4H3,(H2,8,9,10);1-5H2;1-3H2. The van der Waals surface area contributed by atoms with Gasteiger partial charge in [-0.1, -0.05) is 59.8 Å². The third-order valence-corrected chi connectivity index (χ3v) is 4.79. The van der Waals surface area contributed by atoms with E-state index in [-0.39, 0.29) is 18.5 Å². The summed E-state index contributed by atoms with van der Waals surface area (Å²) in [5.74, 6) is 0.176. The van der Waals surface area contributed by atoms with Gasteiger partial charge in [0.25, 0.3) is 0 Å². The van der Waals surface area contributed by atoms with E-state index in [1.54, 1.807) is 0 Å². The Balaban J connectivity index is 0. The van der Waals surface area contributed by atoms with Crippen molar-refractivity contribution in [2.24, 2.45) is 28.4 Å². The highest BCUT2D eigenvalue weighted by molar-refractivity contribution is 7.89. The first-order valence-corrected chi connectivity index (χ1v) is 8.71. The highest BCUT2D eigenvalue weighted by atomic mass is 32.2. The first kappa shape index (κ1) is 21.1. The topological polar surface area (TPSA) is 112 Å². The molecule has 0 aromatic rings. The summed E-state index contributed by atoms with van der Waals surface area (Å²) >= 11 is 0. The first-order chi connectivity index (χ1) is 8.68. The van der Waals surface area contributed by atoms with Gasteiger partial charge in [-0.25, -0.2) is 13.6 Å². The van der Waals surface area contributed by atoms with Crippen molar-refractivity contribution in [3.8, 4) is 0 Å². The molecule has 1 saturated carbocycles. The van der Waals surface area contributed by atoms with E-state index in [1.807, 2.05) is 27.7 Å². The van der Waals surface area contributed by atoms with Crippen LogP contribution in [0.3, 0.4) is 0 Å². The van der Waals surface area contributed by atoms with E-state index >= 15 is 0 Å². The van der Waals surface area contributed by atoms with E-state index < -0.39 is 15.3 Å². The minimum atomic E-state index is -3.36. The lowest BCUT2D eigenvalue weighted by atomic mass is 10.0. The molecular weight excluding hydrogens is 262 g/mol. The van der Waals surface area contributed by atoms with E-state index in [1.165, 1.54) is 32.1 Å². The average Bonchev–Trinajstić information content (AvgIpc) is 2.71. The normalized spacial score (nSPS) is 15.1. The van der Waals surface area contributed by atoms with E-state index in [4.69, 9.17) is 5.14 Å². The maximum absolute atomic E-state index is 11.0. The second-order valence-electron chi connectivity index (χ2n) is 5.55. The van der Waals surface area contributed by atoms with Crippen LogP contribution in [0.15, 0.2) is 0 Å². The van der Waals surface area contributed by atoms with Crippen LogP contribution in [0.2, 0.25) is 0 Å². The molecule has 19 heavy (non-hydrogen) atoms. The molecule has 118 valence electrons. The minimum absolute atomic E-state index is 0.0880. The summed E-state index contributed by atoms with van der Waals surface area (Å²) in [5.41, 5.74) is 9.25. The molecule has 1 aliphatic rings. The SMILES string of the molecule is C1CCCC1.CC(C)C(C(C)C)S(N)(=O)=O.NCN. The largest absolute Gasteiger partial charge is 0.319 e. The molecule has 0 aliphatic heterocycles. The Kier molecular flexibility index (Phi) is 12.9. The van der Waals surface area contributed by atoms with Gasteiger partial charge in [0.1, 0.15) is 0 Å². The molecule has 0 atom stereocenters. The molecular formula is C13H33N3O2S. The summed E-state index contributed by atoms with van der Waals surface area (Å²) in [6.07, 6.45) is 7.50. The second-order valence-corrected chi connectivity index (χ2v) is 7.27. The van der Waals surface area contributed by atoms with Crippen LogP contribution >= 0.6 is 0 Å². The van der Waals surface area contributed by atoms with Crippen molar-refractivity contribution in [1.29, 1.82) is 0 Å². The molecule has 0 radical (unpaired) electrons. The summed E-state index contributed by atoms with van der Waals surface area (Å²) in [5, 5.41) is 4.64. The first-order valence-electron chi connectivity index (χ1n) is 7.10. The Morgan fingerprint density at radius 2 is 1.05 bits per heavy atom. The molecule has 0 aromatic carbocycles. The lowest BCUT2D eigenvalue weighted by Gasteiger charge is -2.21. The Bertz CT molecular complexity index is 271. The maximum Gasteiger partial charge on any atom is 0.212 e. The number of rotatable bonds is 3. The lowest BCUT2D eigenvalue weighted by molar-refractivity contribution is 0.451. The van der Waals surface area contributed by atoms with Gasteiger partial charge < -0.3 is 11.5 Å². The zero-order valence-corrected chi connectivity index (χ0v) is 13.7. The third kappa shape index (κ3) is 12.6. The maximum atomic E-state index is 11.0. The van der Waals surface area contributed by atoms with Gasteiger partial charge in [-0.05, 0) is 11.8 Å². The van der Waals surface area contributed by atoms with Crippen LogP contribution in [-0.2, 0) is 10.0 Å². The molecule has 5 nitrogen and oxygen atoms in total. The number of sulfonamides is 1. The van der Waals surface area contributed by atoms with Crippen molar-refractivity contribution in [3.63, 3.8) is 0 Å². The van der Waals surface area contributed by atoms with Crippen LogP contribution in [0.1, 0.15) is 59.8 Å². The van der Waals surface area contributed by atoms with Crippen LogP contribution in [0.25, 0.3) is 0 Å². The number of nitrogens with two attached hydrogens (primary N) is 3. The molecule has 1 rings (SSSR count). The second kappa shape index (κ2) is 11.6. The van der Waals surface area contributed by atoms with Gasteiger partial charge in [0.15, 0.2) is 0 Å². The molecule has 1 fully saturated rings. The summed E-state index contributed by atoms with van der Waals surface area (Å²) in [4.78, 5) is 0. The van der Waals surface area contributed by atoms with Gasteiger partial charge in [0.2, 0.25) is 10.0 Å². The van der Waals surface area contributed by atoms with Gasteiger partial charge in [-0.15, -0.1) is 0 Å². The Morgan fingerprint density at radius 3 is 1.11 bits per heavy atom. The Labute approximate surface area is 119 Å². The summed E-state index contributed by atoms with van der Waals surface area (Å²) in [6.45, 7) is 7.73. The van der Waals surface area contributed by atoms with Crippen LogP contribution in [0.5, 0.6) is 0 Å². The van der Waals surface area contributed by atoms with E-state index in [9.17, 15) is 8.42 Å². The number of primary sulfonamides is 1. The molecule has 0 heterocycles. The molecule has 0 spiro atoms. The van der Waals surface area contributed by atoms with Gasteiger partial charge >= 0.3 is 0 Å². The Hall–Kier alpha value is -0.170. The zero-order chi connectivity index (χ0) is 15.5. The smallest absolute Gasteiger partial charge is 0.212 e. The summed E-state index contributed by atoms with van der Waals surface area (Å²) < 4.78 is 22.0. The molecule has 1 aliphatic carbocycles. The zero-order valence-electron chi connectivity index (χ0n) is 12.9. The highest BCUT2D eigenvalue weighted by Crippen LogP contribution is 2.18. The van der Waals surface area contributed by atoms with Crippen molar-refractivity contribution < 1.29 is 8.42 Å². The minimum Gasteiger partial charge on any atom is -0.319 e. The van der Waals surface area contributed by atoms with E-state index in [2.05, 4.69) is 11.5 Å². The lowest BCUT2D eigenvalue weighted by Crippen LogP contribution is -2.36. The van der Waals surface area contributed by atoms with Gasteiger partial charge in [-0.2, -0.15) is 0 Å². The molecule has 0 bridgehead atoms. The third-order valence-electron chi connectivity index (χ3n) is 2.94. The molecule has 0 saturated heterocycles. The van der Waals surface area contributed by atoms with Crippen molar-refractivity contribution in [1.82, 2.24) is 0 Å². The van der Waals surface area contributed by atoms with Gasteiger partial charge in [-0.3, -0.25) is 0 Å². The summed E-state index contributed by atoms with van der Waals surface area (Å²) in [7, 11) is -3.36. The van der Waals surface area contributed by atoms with E-state index in [0.717, 1.165) is 0 Å². The van der Waals surface area contributed by atoms with Crippen LogP contribution < -0.4 is 16.6 Å². The van der Waals surface area contributed by atoms with E-state index in [0.29, 0.717) is 0 Å². The molecule has 0 aromatic heterocycles. The molecule has 6 N–H and O–H groups in total. The highest BCUT2D eigenvalue weighted by Gasteiger charge is 2.27. The van der Waals surface area contributed by atoms with Crippen molar-refractivity contribution in [2.75, 3.05) is 6.67 Å². The summed E-state index contributed by atoms with van der Waals surface area (Å²) in [6, 6.07) is 0. The fourth-order valence-electron chi connectivity index (χ4n) is 2.41. The van der Waals surface area contributed by atoms with Gasteiger partial charge in [0.05, 0.1) is 5.25 Å². The quantitative estimate of drug-likeness (QED) is 0.689.